The standard InChI is InChI=1S/C24H24FN5O4S/c1-34-19-7-5-15(6-8-19)14-26-20(31)16-9-11-30(12-10-16)24(33)23-29-28-22(35-23)21(32)27-18-4-2-3-17(25)13-18/h2-8,13,16H,9-12,14H2,1H3,(H,26,31)(H,27,32). The topological polar surface area (TPSA) is 114 Å². The van der Waals surface area contributed by atoms with E-state index in [9.17, 15) is 18.8 Å². The van der Waals surface area contributed by atoms with Crippen LogP contribution in [-0.2, 0) is 11.3 Å². The number of rotatable bonds is 7. The Morgan fingerprint density at radius 3 is 2.49 bits per heavy atom. The van der Waals surface area contributed by atoms with Gasteiger partial charge in [-0.3, -0.25) is 14.4 Å². The number of nitrogens with zero attached hydrogens (tertiary/aromatic N) is 3. The summed E-state index contributed by atoms with van der Waals surface area (Å²) in [4.78, 5) is 39.3. The van der Waals surface area contributed by atoms with E-state index in [1.807, 2.05) is 24.3 Å². The van der Waals surface area contributed by atoms with Crippen molar-refractivity contribution in [2.45, 2.75) is 19.4 Å². The molecular weight excluding hydrogens is 473 g/mol. The number of carbonyl (C=O) groups is 3. The third-order valence-electron chi connectivity index (χ3n) is 5.66. The van der Waals surface area contributed by atoms with Crippen LogP contribution in [0.1, 0.15) is 38.0 Å². The Labute approximate surface area is 205 Å². The van der Waals surface area contributed by atoms with Gasteiger partial charge in [0.05, 0.1) is 7.11 Å². The number of likely N-dealkylation sites (tertiary alicyclic amines) is 1. The maximum Gasteiger partial charge on any atom is 0.286 e. The van der Waals surface area contributed by atoms with Crippen LogP contribution in [0.3, 0.4) is 0 Å². The summed E-state index contributed by atoms with van der Waals surface area (Å²) in [5, 5.41) is 13.2. The van der Waals surface area contributed by atoms with Gasteiger partial charge in [-0.05, 0) is 48.7 Å². The van der Waals surface area contributed by atoms with E-state index in [0.29, 0.717) is 32.5 Å². The van der Waals surface area contributed by atoms with Gasteiger partial charge in [0.15, 0.2) is 0 Å². The number of aromatic nitrogens is 2. The largest absolute Gasteiger partial charge is 0.497 e. The average molecular weight is 498 g/mol. The number of ether oxygens (including phenoxy) is 1. The minimum absolute atomic E-state index is 0.00501. The average Bonchev–Trinajstić information content (AvgIpc) is 3.38. The highest BCUT2D eigenvalue weighted by Gasteiger charge is 2.29. The molecule has 35 heavy (non-hydrogen) atoms. The Morgan fingerprint density at radius 1 is 1.09 bits per heavy atom. The molecule has 0 aliphatic carbocycles. The Kier molecular flexibility index (Phi) is 7.66. The lowest BCUT2D eigenvalue weighted by Gasteiger charge is -2.30. The predicted molar refractivity (Wildman–Crippen MR) is 128 cm³/mol. The van der Waals surface area contributed by atoms with Crippen LogP contribution in [0.15, 0.2) is 48.5 Å². The molecule has 1 aliphatic heterocycles. The SMILES string of the molecule is COc1ccc(CNC(=O)C2CCN(C(=O)c3nnc(C(=O)Nc4cccc(F)c4)s3)CC2)cc1. The maximum absolute atomic E-state index is 13.3. The molecule has 0 radical (unpaired) electrons. The van der Waals surface area contributed by atoms with Crippen molar-refractivity contribution in [1.82, 2.24) is 20.4 Å². The number of carbonyl (C=O) groups excluding carboxylic acids is 3. The van der Waals surface area contributed by atoms with Crippen LogP contribution in [0, 0.1) is 11.7 Å². The Hall–Kier alpha value is -3.86. The number of hydrogen-bond donors (Lipinski definition) is 2. The smallest absolute Gasteiger partial charge is 0.286 e. The minimum atomic E-state index is -0.570. The summed E-state index contributed by atoms with van der Waals surface area (Å²) in [5.74, 6) is -0.844. The molecule has 1 saturated heterocycles. The lowest BCUT2D eigenvalue weighted by Crippen LogP contribution is -2.42. The molecule has 182 valence electrons. The number of nitrogens with one attached hydrogen (secondary N) is 2. The second kappa shape index (κ2) is 11.0. The Balaban J connectivity index is 1.26. The number of benzene rings is 2. The quantitative estimate of drug-likeness (QED) is 0.519. The molecule has 1 fully saturated rings. The molecular formula is C24H24FN5O4S. The van der Waals surface area contributed by atoms with Crippen molar-refractivity contribution in [2.24, 2.45) is 5.92 Å². The van der Waals surface area contributed by atoms with Gasteiger partial charge in [0.2, 0.25) is 15.9 Å². The van der Waals surface area contributed by atoms with Gasteiger partial charge in [0, 0.05) is 31.2 Å². The third kappa shape index (κ3) is 6.18. The fourth-order valence-corrected chi connectivity index (χ4v) is 4.42. The molecule has 0 bridgehead atoms. The zero-order valence-corrected chi connectivity index (χ0v) is 19.8. The van der Waals surface area contributed by atoms with E-state index in [1.54, 1.807) is 18.1 Å². The molecule has 1 aromatic heterocycles. The van der Waals surface area contributed by atoms with E-state index in [-0.39, 0.29) is 33.4 Å². The first kappa shape index (κ1) is 24.3. The molecule has 2 N–H and O–H groups in total. The molecule has 4 rings (SSSR count). The summed E-state index contributed by atoms with van der Waals surface area (Å²) in [6.45, 7) is 1.24. The Morgan fingerprint density at radius 2 is 1.80 bits per heavy atom. The van der Waals surface area contributed by atoms with Crippen molar-refractivity contribution in [3.63, 3.8) is 0 Å². The number of methoxy groups -OCH3 is 1. The number of hydrogen-bond acceptors (Lipinski definition) is 7. The lowest BCUT2D eigenvalue weighted by molar-refractivity contribution is -0.126. The van der Waals surface area contributed by atoms with Crippen LogP contribution in [0.25, 0.3) is 0 Å². The summed E-state index contributed by atoms with van der Waals surface area (Å²) in [5.41, 5.74) is 1.26. The summed E-state index contributed by atoms with van der Waals surface area (Å²) in [7, 11) is 1.60. The Bertz CT molecular complexity index is 1210. The monoisotopic (exact) mass is 497 g/mol. The number of piperidine rings is 1. The van der Waals surface area contributed by atoms with E-state index in [1.165, 1.54) is 18.2 Å². The summed E-state index contributed by atoms with van der Waals surface area (Å²) >= 11 is 0.874. The van der Waals surface area contributed by atoms with Crippen LogP contribution in [0.2, 0.25) is 0 Å². The first-order chi connectivity index (χ1) is 16.9. The van der Waals surface area contributed by atoms with Crippen LogP contribution < -0.4 is 15.4 Å². The van der Waals surface area contributed by atoms with Gasteiger partial charge in [-0.25, -0.2) is 4.39 Å². The fraction of sp³-hybridized carbons (Fsp3) is 0.292. The number of anilines is 1. The highest BCUT2D eigenvalue weighted by molar-refractivity contribution is 7.15. The van der Waals surface area contributed by atoms with Gasteiger partial charge in [-0.2, -0.15) is 0 Å². The first-order valence-corrected chi connectivity index (χ1v) is 11.8. The van der Waals surface area contributed by atoms with Gasteiger partial charge < -0.3 is 20.3 Å². The predicted octanol–water partition coefficient (Wildman–Crippen LogP) is 3.11. The molecule has 0 spiro atoms. The molecule has 11 heteroatoms. The number of amides is 3. The second-order valence-electron chi connectivity index (χ2n) is 8.01. The van der Waals surface area contributed by atoms with Gasteiger partial charge in [-0.1, -0.05) is 29.5 Å². The van der Waals surface area contributed by atoms with Crippen molar-refractivity contribution in [2.75, 3.05) is 25.5 Å². The zero-order chi connectivity index (χ0) is 24.8. The summed E-state index contributed by atoms with van der Waals surface area (Å²) in [6, 6.07) is 13.0. The van der Waals surface area contributed by atoms with E-state index in [0.717, 1.165) is 22.6 Å². The van der Waals surface area contributed by atoms with Gasteiger partial charge in [0.1, 0.15) is 11.6 Å². The molecule has 2 aromatic carbocycles. The van der Waals surface area contributed by atoms with Gasteiger partial charge >= 0.3 is 0 Å². The molecule has 1 aliphatic rings. The minimum Gasteiger partial charge on any atom is -0.497 e. The van der Waals surface area contributed by atoms with Crippen molar-refractivity contribution in [1.29, 1.82) is 0 Å². The van der Waals surface area contributed by atoms with E-state index in [2.05, 4.69) is 20.8 Å². The van der Waals surface area contributed by atoms with E-state index < -0.39 is 11.7 Å². The van der Waals surface area contributed by atoms with Gasteiger partial charge in [0.25, 0.3) is 11.8 Å². The van der Waals surface area contributed by atoms with Crippen molar-refractivity contribution < 1.29 is 23.5 Å². The van der Waals surface area contributed by atoms with Crippen LogP contribution in [0.4, 0.5) is 10.1 Å². The summed E-state index contributed by atoms with van der Waals surface area (Å²) < 4.78 is 18.4. The highest BCUT2D eigenvalue weighted by atomic mass is 32.1. The van der Waals surface area contributed by atoms with Crippen molar-refractivity contribution >= 4 is 34.7 Å². The molecule has 0 saturated carbocycles. The molecule has 2 heterocycles. The van der Waals surface area contributed by atoms with Crippen molar-refractivity contribution in [3.8, 4) is 5.75 Å². The third-order valence-corrected chi connectivity index (χ3v) is 6.57. The van der Waals surface area contributed by atoms with Crippen LogP contribution in [-0.4, -0.2) is 53.0 Å². The van der Waals surface area contributed by atoms with Crippen LogP contribution >= 0.6 is 11.3 Å². The second-order valence-corrected chi connectivity index (χ2v) is 8.99. The number of halogens is 1. The van der Waals surface area contributed by atoms with E-state index in [4.69, 9.17) is 4.74 Å². The normalized spacial score (nSPS) is 13.8. The fourth-order valence-electron chi connectivity index (χ4n) is 3.71. The van der Waals surface area contributed by atoms with Crippen LogP contribution in [0.5, 0.6) is 5.75 Å². The molecule has 0 unspecified atom stereocenters. The first-order valence-electron chi connectivity index (χ1n) is 11.0. The molecule has 3 aromatic rings. The zero-order valence-electron chi connectivity index (χ0n) is 19.0. The maximum atomic E-state index is 13.3. The molecule has 0 atom stereocenters. The highest BCUT2D eigenvalue weighted by Crippen LogP contribution is 2.22. The summed E-state index contributed by atoms with van der Waals surface area (Å²) in [6.07, 6.45) is 1.07. The van der Waals surface area contributed by atoms with E-state index >= 15 is 0 Å². The van der Waals surface area contributed by atoms with Gasteiger partial charge in [-0.15, -0.1) is 10.2 Å². The van der Waals surface area contributed by atoms with Crippen molar-refractivity contribution in [3.05, 3.63) is 69.9 Å². The molecule has 3 amide bonds. The molecule has 9 nitrogen and oxygen atoms in total. The lowest BCUT2D eigenvalue weighted by atomic mass is 9.95.